The van der Waals surface area contributed by atoms with E-state index in [4.69, 9.17) is 0 Å². The third kappa shape index (κ3) is 8.53. The van der Waals surface area contributed by atoms with Gasteiger partial charge in [-0.05, 0) is 10.1 Å². The summed E-state index contributed by atoms with van der Waals surface area (Å²) in [5.41, 5.74) is 0. The summed E-state index contributed by atoms with van der Waals surface area (Å²) in [5.74, 6) is 0. The molecule has 0 aromatic heterocycles. The molecule has 4 aromatic carbocycles. The maximum Gasteiger partial charge on any atom is 0.126 e. The summed E-state index contributed by atoms with van der Waals surface area (Å²) < 4.78 is 0. The van der Waals surface area contributed by atoms with Gasteiger partial charge in [-0.2, -0.15) is 0 Å². The molecule has 0 spiro atoms. The second kappa shape index (κ2) is 13.3. The van der Waals surface area contributed by atoms with Crippen LogP contribution in [0.4, 0.5) is 0 Å². The molecule has 0 N–H and O–H groups in total. The molecule has 4 rings (SSSR count). The summed E-state index contributed by atoms with van der Waals surface area (Å²) in [6, 6.07) is 43.7. The van der Waals surface area contributed by atoms with E-state index < -0.39 is 17.6 Å². The van der Waals surface area contributed by atoms with Crippen molar-refractivity contribution in [3.8, 4) is 0 Å². The average Bonchev–Trinajstić information content (AvgIpc) is 2.81. The minimum atomic E-state index is -0.715. The molecule has 0 aliphatic rings. The van der Waals surface area contributed by atoms with Crippen LogP contribution < -0.4 is 20.7 Å². The van der Waals surface area contributed by atoms with Crippen molar-refractivity contribution in [3.63, 3.8) is 0 Å². The SMILES string of the molecule is CC(C)(C)[Si](c1ccccc1)c1ccccc1.CC(C)(C)[Si](c1ccccc1)c1ccccc1.[Zn]. The Kier molecular flexibility index (Phi) is 11.1. The van der Waals surface area contributed by atoms with Crippen LogP contribution in [-0.2, 0) is 19.5 Å². The Labute approximate surface area is 229 Å². The number of hydrogen-bond acceptors (Lipinski definition) is 0. The fraction of sp³-hybridized carbons (Fsp3) is 0.250. The van der Waals surface area contributed by atoms with Crippen LogP contribution >= 0.6 is 0 Å². The van der Waals surface area contributed by atoms with E-state index in [0.717, 1.165) is 0 Å². The molecule has 0 aliphatic heterocycles. The quantitative estimate of drug-likeness (QED) is 0.269. The Morgan fingerprint density at radius 1 is 0.343 bits per heavy atom. The van der Waals surface area contributed by atoms with Gasteiger partial charge in [0.15, 0.2) is 0 Å². The Hall–Kier alpha value is -2.06. The summed E-state index contributed by atoms with van der Waals surface area (Å²) in [6.45, 7) is 14.1. The maximum absolute atomic E-state index is 2.35. The molecule has 35 heavy (non-hydrogen) atoms. The van der Waals surface area contributed by atoms with Gasteiger partial charge in [0.25, 0.3) is 0 Å². The number of hydrogen-bond donors (Lipinski definition) is 0. The molecule has 0 heterocycles. The molecule has 0 atom stereocenters. The van der Waals surface area contributed by atoms with E-state index in [9.17, 15) is 0 Å². The first-order valence-corrected chi connectivity index (χ1v) is 15.1. The van der Waals surface area contributed by atoms with E-state index in [1.807, 2.05) is 0 Å². The molecule has 0 unspecified atom stereocenters. The minimum absolute atomic E-state index is 0. The zero-order chi connectivity index (χ0) is 24.6. The van der Waals surface area contributed by atoms with Gasteiger partial charge in [-0.3, -0.25) is 0 Å². The first-order chi connectivity index (χ1) is 16.2. The molecular formula is C32H38Si2Zn. The van der Waals surface area contributed by atoms with Gasteiger partial charge < -0.3 is 0 Å². The third-order valence-corrected chi connectivity index (χ3v) is 12.4. The van der Waals surface area contributed by atoms with Gasteiger partial charge >= 0.3 is 0 Å². The Morgan fingerprint density at radius 3 is 0.657 bits per heavy atom. The molecule has 0 aliphatic carbocycles. The Bertz CT molecular complexity index is 928. The third-order valence-electron chi connectivity index (χ3n) is 5.75. The van der Waals surface area contributed by atoms with Gasteiger partial charge in [0.05, 0.1) is 0 Å². The van der Waals surface area contributed by atoms with E-state index in [-0.39, 0.29) is 19.5 Å². The van der Waals surface area contributed by atoms with E-state index in [0.29, 0.717) is 10.1 Å². The molecule has 0 amide bonds. The summed E-state index contributed by atoms with van der Waals surface area (Å²) in [5, 5.41) is 6.64. The van der Waals surface area contributed by atoms with Crippen molar-refractivity contribution in [2.75, 3.05) is 0 Å². The largest absolute Gasteiger partial charge is 0.126 e. The van der Waals surface area contributed by atoms with Crippen LogP contribution in [0.15, 0.2) is 121 Å². The van der Waals surface area contributed by atoms with Crippen molar-refractivity contribution in [2.24, 2.45) is 0 Å². The Balaban J connectivity index is 0.000000240. The molecule has 0 nitrogen and oxygen atoms in total. The van der Waals surface area contributed by atoms with E-state index >= 15 is 0 Å². The zero-order valence-electron chi connectivity index (χ0n) is 22.3. The zero-order valence-corrected chi connectivity index (χ0v) is 27.2. The van der Waals surface area contributed by atoms with Gasteiger partial charge in [0.1, 0.15) is 17.6 Å². The molecule has 0 fully saturated rings. The smallest absolute Gasteiger partial charge is 0.0628 e. The summed E-state index contributed by atoms with van der Waals surface area (Å²) in [6.07, 6.45) is 0. The first kappa shape index (κ1) is 29.2. The predicted octanol–water partition coefficient (Wildman–Crippen LogP) is 6.19. The van der Waals surface area contributed by atoms with Gasteiger partial charge in [0, 0.05) is 19.5 Å². The van der Waals surface area contributed by atoms with Crippen molar-refractivity contribution >= 4 is 38.3 Å². The summed E-state index contributed by atoms with van der Waals surface area (Å²) in [4.78, 5) is 0. The van der Waals surface area contributed by atoms with Crippen LogP contribution in [0.2, 0.25) is 10.1 Å². The summed E-state index contributed by atoms with van der Waals surface area (Å²) in [7, 11) is -1.43. The van der Waals surface area contributed by atoms with Gasteiger partial charge in [-0.25, -0.2) is 0 Å². The van der Waals surface area contributed by atoms with Crippen molar-refractivity contribution in [2.45, 2.75) is 51.6 Å². The van der Waals surface area contributed by atoms with Gasteiger partial charge in [-0.1, -0.05) is 184 Å². The molecule has 0 saturated carbocycles. The van der Waals surface area contributed by atoms with Crippen LogP contribution in [0.5, 0.6) is 0 Å². The molecule has 0 bridgehead atoms. The van der Waals surface area contributed by atoms with E-state index in [2.05, 4.69) is 163 Å². The molecule has 3 heteroatoms. The van der Waals surface area contributed by atoms with Crippen molar-refractivity contribution in [1.82, 2.24) is 0 Å². The topological polar surface area (TPSA) is 0 Å². The normalized spacial score (nSPS) is 11.4. The minimum Gasteiger partial charge on any atom is -0.0628 e. The van der Waals surface area contributed by atoms with Crippen molar-refractivity contribution in [3.05, 3.63) is 121 Å². The average molecular weight is 544 g/mol. The first-order valence-electron chi connectivity index (χ1n) is 12.1. The molecule has 176 valence electrons. The molecule has 4 aromatic rings. The van der Waals surface area contributed by atoms with Gasteiger partial charge in [0.2, 0.25) is 0 Å². The number of benzene rings is 4. The molecule has 2 radical (unpaired) electrons. The predicted molar refractivity (Wildman–Crippen MR) is 155 cm³/mol. The van der Waals surface area contributed by atoms with Crippen LogP contribution in [0, 0.1) is 0 Å². The second-order valence-electron chi connectivity index (χ2n) is 10.7. The standard InChI is InChI=1S/2C16H19Si.Zn/c2*1-16(2,3)17(14-10-6-4-7-11-14)15-12-8-5-9-13-15;/h2*4-13H,1-3H3;. The Morgan fingerprint density at radius 2 is 0.514 bits per heavy atom. The summed E-state index contributed by atoms with van der Waals surface area (Å²) >= 11 is 0. The fourth-order valence-corrected chi connectivity index (χ4v) is 10.7. The van der Waals surface area contributed by atoms with E-state index in [1.165, 1.54) is 20.7 Å². The van der Waals surface area contributed by atoms with Crippen molar-refractivity contribution < 1.29 is 19.5 Å². The van der Waals surface area contributed by atoms with Crippen LogP contribution in [-0.4, -0.2) is 17.6 Å². The maximum atomic E-state index is 2.35. The van der Waals surface area contributed by atoms with Crippen LogP contribution in [0.25, 0.3) is 0 Å². The van der Waals surface area contributed by atoms with Gasteiger partial charge in [-0.15, -0.1) is 0 Å². The van der Waals surface area contributed by atoms with Crippen LogP contribution in [0.1, 0.15) is 41.5 Å². The van der Waals surface area contributed by atoms with Crippen molar-refractivity contribution in [1.29, 1.82) is 0 Å². The monoisotopic (exact) mass is 542 g/mol. The van der Waals surface area contributed by atoms with Crippen LogP contribution in [0.3, 0.4) is 0 Å². The van der Waals surface area contributed by atoms with E-state index in [1.54, 1.807) is 0 Å². The second-order valence-corrected chi connectivity index (χ2v) is 17.5. The number of rotatable bonds is 4. The molecular weight excluding hydrogens is 506 g/mol. The fourth-order valence-electron chi connectivity index (χ4n) is 4.48. The molecule has 0 saturated heterocycles.